The average molecular weight is 307 g/mol. The third kappa shape index (κ3) is 2.09. The standard InChI is InChI=1S/C9H10INO3/c1-13-7-4-5(10)3-6(9(11)12)8(7)14-2/h3-4H,1-2H3,(H2,11,12). The number of rotatable bonds is 3. The van der Waals surface area contributed by atoms with Gasteiger partial charge >= 0.3 is 0 Å². The van der Waals surface area contributed by atoms with Gasteiger partial charge in [0.1, 0.15) is 0 Å². The molecule has 14 heavy (non-hydrogen) atoms. The van der Waals surface area contributed by atoms with E-state index in [0.717, 1.165) is 3.57 Å². The van der Waals surface area contributed by atoms with Gasteiger partial charge < -0.3 is 15.2 Å². The van der Waals surface area contributed by atoms with Gasteiger partial charge in [0.15, 0.2) is 11.5 Å². The summed E-state index contributed by atoms with van der Waals surface area (Å²) in [5.74, 6) is 0.354. The van der Waals surface area contributed by atoms with Crippen molar-refractivity contribution in [3.8, 4) is 11.5 Å². The maximum Gasteiger partial charge on any atom is 0.252 e. The minimum absolute atomic E-state index is 0.330. The van der Waals surface area contributed by atoms with Crippen molar-refractivity contribution in [2.24, 2.45) is 5.73 Å². The molecule has 1 rings (SSSR count). The number of methoxy groups -OCH3 is 2. The molecule has 5 heteroatoms. The zero-order chi connectivity index (χ0) is 10.7. The van der Waals surface area contributed by atoms with Crippen LogP contribution in [-0.4, -0.2) is 20.1 Å². The predicted molar refractivity (Wildman–Crippen MR) is 60.8 cm³/mol. The summed E-state index contributed by atoms with van der Waals surface area (Å²) in [4.78, 5) is 11.1. The first kappa shape index (κ1) is 11.1. The van der Waals surface area contributed by atoms with E-state index in [-0.39, 0.29) is 0 Å². The quantitative estimate of drug-likeness (QED) is 0.859. The largest absolute Gasteiger partial charge is 0.493 e. The average Bonchev–Trinajstić information content (AvgIpc) is 2.16. The van der Waals surface area contributed by atoms with Crippen molar-refractivity contribution in [1.29, 1.82) is 0 Å². The highest BCUT2D eigenvalue weighted by Crippen LogP contribution is 2.32. The van der Waals surface area contributed by atoms with Gasteiger partial charge in [-0.15, -0.1) is 0 Å². The van der Waals surface area contributed by atoms with Crippen LogP contribution in [0.5, 0.6) is 11.5 Å². The van der Waals surface area contributed by atoms with Crippen molar-refractivity contribution in [3.63, 3.8) is 0 Å². The summed E-state index contributed by atoms with van der Waals surface area (Å²) in [5, 5.41) is 0. The molecular weight excluding hydrogens is 297 g/mol. The first-order valence-corrected chi connectivity index (χ1v) is 4.89. The highest BCUT2D eigenvalue weighted by molar-refractivity contribution is 14.1. The molecular formula is C9H10INO3. The molecule has 1 aromatic rings. The van der Waals surface area contributed by atoms with E-state index in [0.29, 0.717) is 17.1 Å². The van der Waals surface area contributed by atoms with Gasteiger partial charge in [-0.2, -0.15) is 0 Å². The molecule has 0 atom stereocenters. The van der Waals surface area contributed by atoms with E-state index < -0.39 is 5.91 Å². The highest BCUT2D eigenvalue weighted by atomic mass is 127. The molecule has 0 aliphatic carbocycles. The summed E-state index contributed by atoms with van der Waals surface area (Å²) < 4.78 is 11.0. The minimum atomic E-state index is -0.529. The summed E-state index contributed by atoms with van der Waals surface area (Å²) >= 11 is 2.08. The summed E-state index contributed by atoms with van der Waals surface area (Å²) in [6, 6.07) is 3.43. The van der Waals surface area contributed by atoms with Crippen LogP contribution in [0.25, 0.3) is 0 Å². The van der Waals surface area contributed by atoms with Gasteiger partial charge in [0.2, 0.25) is 0 Å². The third-order valence-electron chi connectivity index (χ3n) is 1.71. The Kier molecular flexibility index (Phi) is 3.56. The van der Waals surface area contributed by atoms with Crippen molar-refractivity contribution in [2.75, 3.05) is 14.2 Å². The molecule has 2 N–H and O–H groups in total. The van der Waals surface area contributed by atoms with Crippen LogP contribution in [0.3, 0.4) is 0 Å². The number of primary amides is 1. The van der Waals surface area contributed by atoms with Crippen molar-refractivity contribution in [3.05, 3.63) is 21.3 Å². The van der Waals surface area contributed by atoms with E-state index >= 15 is 0 Å². The summed E-state index contributed by atoms with van der Waals surface area (Å²) in [5.41, 5.74) is 5.53. The molecule has 1 aromatic carbocycles. The maximum absolute atomic E-state index is 11.1. The zero-order valence-electron chi connectivity index (χ0n) is 7.83. The summed E-state index contributed by atoms with van der Waals surface area (Å²) in [7, 11) is 2.98. The molecule has 0 saturated carbocycles. The Hall–Kier alpha value is -0.980. The molecule has 1 amide bonds. The van der Waals surface area contributed by atoms with Crippen LogP contribution in [0, 0.1) is 3.57 Å². The third-order valence-corrected chi connectivity index (χ3v) is 2.33. The second kappa shape index (κ2) is 4.50. The molecule has 0 bridgehead atoms. The maximum atomic E-state index is 11.1. The molecule has 0 unspecified atom stereocenters. The van der Waals surface area contributed by atoms with Gasteiger partial charge in [-0.25, -0.2) is 0 Å². The second-order valence-electron chi connectivity index (χ2n) is 2.55. The molecule has 0 heterocycles. The van der Waals surface area contributed by atoms with Crippen LogP contribution in [0.1, 0.15) is 10.4 Å². The predicted octanol–water partition coefficient (Wildman–Crippen LogP) is 1.41. The van der Waals surface area contributed by atoms with Crippen molar-refractivity contribution < 1.29 is 14.3 Å². The fraction of sp³-hybridized carbons (Fsp3) is 0.222. The van der Waals surface area contributed by atoms with E-state index in [1.807, 2.05) is 0 Å². The van der Waals surface area contributed by atoms with E-state index in [2.05, 4.69) is 22.6 Å². The van der Waals surface area contributed by atoms with Gasteiger partial charge in [-0.05, 0) is 34.7 Å². The molecule has 0 fully saturated rings. The lowest BCUT2D eigenvalue weighted by Gasteiger charge is -2.11. The number of hydrogen-bond acceptors (Lipinski definition) is 3. The molecule has 0 aromatic heterocycles. The Labute approximate surface area is 95.5 Å². The van der Waals surface area contributed by atoms with Crippen molar-refractivity contribution in [1.82, 2.24) is 0 Å². The van der Waals surface area contributed by atoms with E-state index in [1.54, 1.807) is 12.1 Å². The lowest BCUT2D eigenvalue weighted by molar-refractivity contribution is 0.0996. The van der Waals surface area contributed by atoms with Gasteiger partial charge in [-0.1, -0.05) is 0 Å². The normalized spacial score (nSPS) is 9.64. The molecule has 76 valence electrons. The number of benzene rings is 1. The van der Waals surface area contributed by atoms with Gasteiger partial charge in [-0.3, -0.25) is 4.79 Å². The topological polar surface area (TPSA) is 61.5 Å². The molecule has 0 saturated heterocycles. The Morgan fingerprint density at radius 2 is 2.00 bits per heavy atom. The number of nitrogens with two attached hydrogens (primary N) is 1. The van der Waals surface area contributed by atoms with Crippen molar-refractivity contribution >= 4 is 28.5 Å². The highest BCUT2D eigenvalue weighted by Gasteiger charge is 2.15. The number of ether oxygens (including phenoxy) is 2. The molecule has 0 spiro atoms. The van der Waals surface area contributed by atoms with Crippen LogP contribution in [-0.2, 0) is 0 Å². The van der Waals surface area contributed by atoms with E-state index in [9.17, 15) is 4.79 Å². The number of hydrogen-bond donors (Lipinski definition) is 1. The first-order valence-electron chi connectivity index (χ1n) is 3.81. The summed E-state index contributed by atoms with van der Waals surface area (Å²) in [6.45, 7) is 0. The van der Waals surface area contributed by atoms with Crippen LogP contribution in [0.4, 0.5) is 0 Å². The van der Waals surface area contributed by atoms with Crippen LogP contribution < -0.4 is 15.2 Å². The Morgan fingerprint density at radius 1 is 1.36 bits per heavy atom. The van der Waals surface area contributed by atoms with Gasteiger partial charge in [0.05, 0.1) is 19.8 Å². The van der Waals surface area contributed by atoms with E-state index in [4.69, 9.17) is 15.2 Å². The number of carbonyl (C=O) groups is 1. The number of amides is 1. The monoisotopic (exact) mass is 307 g/mol. The molecule has 0 aliphatic rings. The van der Waals surface area contributed by atoms with Gasteiger partial charge in [0.25, 0.3) is 5.91 Å². The number of carbonyl (C=O) groups excluding carboxylic acids is 1. The number of halogens is 1. The lowest BCUT2D eigenvalue weighted by atomic mass is 10.2. The first-order chi connectivity index (χ1) is 6.60. The lowest BCUT2D eigenvalue weighted by Crippen LogP contribution is -2.13. The second-order valence-corrected chi connectivity index (χ2v) is 3.80. The smallest absolute Gasteiger partial charge is 0.252 e. The minimum Gasteiger partial charge on any atom is -0.493 e. The Bertz CT molecular complexity index is 365. The SMILES string of the molecule is COc1cc(I)cc(C(N)=O)c1OC. The van der Waals surface area contributed by atoms with Crippen LogP contribution in [0.2, 0.25) is 0 Å². The Balaban J connectivity index is 3.39. The molecule has 4 nitrogen and oxygen atoms in total. The fourth-order valence-electron chi connectivity index (χ4n) is 1.11. The summed E-state index contributed by atoms with van der Waals surface area (Å²) in [6.07, 6.45) is 0. The molecule has 0 radical (unpaired) electrons. The van der Waals surface area contributed by atoms with Crippen LogP contribution >= 0.6 is 22.6 Å². The van der Waals surface area contributed by atoms with Gasteiger partial charge in [0, 0.05) is 3.57 Å². The van der Waals surface area contributed by atoms with E-state index in [1.165, 1.54) is 14.2 Å². The Morgan fingerprint density at radius 3 is 2.43 bits per heavy atom. The zero-order valence-corrected chi connectivity index (χ0v) is 9.99. The fourth-order valence-corrected chi connectivity index (χ4v) is 1.71. The molecule has 0 aliphatic heterocycles. The van der Waals surface area contributed by atoms with Crippen LogP contribution in [0.15, 0.2) is 12.1 Å². The van der Waals surface area contributed by atoms with Crippen molar-refractivity contribution in [2.45, 2.75) is 0 Å².